The number of carbonyl (C=O) groups excluding carboxylic acids is 1. The monoisotopic (exact) mass is 351 g/mol. The third-order valence-electron chi connectivity index (χ3n) is 5.98. The highest BCUT2D eigenvalue weighted by Gasteiger charge is 2.35. The number of fused-ring (bicyclic) bond motifs is 2. The molecule has 1 aliphatic carbocycles. The van der Waals surface area contributed by atoms with Crippen molar-refractivity contribution in [2.24, 2.45) is 5.92 Å². The number of carbonyl (C=O) groups is 1. The molecule has 3 atom stereocenters. The highest BCUT2D eigenvalue weighted by Crippen LogP contribution is 2.40. The molecule has 2 aromatic rings. The molecule has 0 saturated heterocycles. The van der Waals surface area contributed by atoms with Crippen LogP contribution in [0, 0.1) is 5.92 Å². The van der Waals surface area contributed by atoms with Gasteiger partial charge in [0.1, 0.15) is 0 Å². The van der Waals surface area contributed by atoms with E-state index >= 15 is 0 Å². The number of nitrogens with one attached hydrogen (secondary N) is 2. The second-order valence-corrected chi connectivity index (χ2v) is 7.98. The Labute approximate surface area is 155 Å². The Hall–Kier alpha value is -2.07. The lowest BCUT2D eigenvalue weighted by Crippen LogP contribution is -2.47. The number of likely N-dealkylation sites (N-methyl/N-ethyl adjacent to an activating group) is 1. The topological polar surface area (TPSA) is 48.1 Å². The van der Waals surface area contributed by atoms with E-state index in [-0.39, 0.29) is 17.9 Å². The minimum atomic E-state index is -0.0777. The molecule has 2 heterocycles. The van der Waals surface area contributed by atoms with Crippen LogP contribution < -0.4 is 5.32 Å². The van der Waals surface area contributed by atoms with Gasteiger partial charge in [0.15, 0.2) is 0 Å². The van der Waals surface area contributed by atoms with Crippen LogP contribution in [0.3, 0.4) is 0 Å². The van der Waals surface area contributed by atoms with Crippen LogP contribution in [0.5, 0.6) is 0 Å². The summed E-state index contributed by atoms with van der Waals surface area (Å²) in [4.78, 5) is 18.6. The zero-order valence-corrected chi connectivity index (χ0v) is 16.0. The lowest BCUT2D eigenvalue weighted by Gasteiger charge is -2.39. The summed E-state index contributed by atoms with van der Waals surface area (Å²) in [6.07, 6.45) is 8.77. The summed E-state index contributed by atoms with van der Waals surface area (Å²) >= 11 is 0. The fraction of sp³-hybridized carbons (Fsp3) is 0.500. The van der Waals surface area contributed by atoms with Gasteiger partial charge in [-0.05, 0) is 49.6 Å². The molecule has 0 unspecified atom stereocenters. The number of H-pyrrole nitrogens is 1. The molecule has 4 heteroatoms. The van der Waals surface area contributed by atoms with E-state index < -0.39 is 0 Å². The maximum absolute atomic E-state index is 12.8. The fourth-order valence-electron chi connectivity index (χ4n) is 4.55. The van der Waals surface area contributed by atoms with Crippen molar-refractivity contribution in [2.45, 2.75) is 51.6 Å². The average molecular weight is 351 g/mol. The summed E-state index contributed by atoms with van der Waals surface area (Å²) in [5.74, 6) is 0.0875. The number of aromatic amines is 1. The van der Waals surface area contributed by atoms with Crippen molar-refractivity contribution in [1.82, 2.24) is 15.2 Å². The van der Waals surface area contributed by atoms with Crippen molar-refractivity contribution >= 4 is 22.4 Å². The molecule has 0 radical (unpaired) electrons. The van der Waals surface area contributed by atoms with Crippen LogP contribution in [0.1, 0.15) is 44.2 Å². The van der Waals surface area contributed by atoms with Crippen molar-refractivity contribution < 1.29 is 4.79 Å². The Morgan fingerprint density at radius 2 is 2.27 bits per heavy atom. The molecule has 0 spiro atoms. The van der Waals surface area contributed by atoms with Crippen molar-refractivity contribution in [3.8, 4) is 0 Å². The molecule has 4 rings (SSSR count). The van der Waals surface area contributed by atoms with Crippen molar-refractivity contribution in [3.05, 3.63) is 41.6 Å². The molecular formula is C22H29N3O. The smallest absolute Gasteiger partial charge is 0.228 e. The van der Waals surface area contributed by atoms with Crippen molar-refractivity contribution in [2.75, 3.05) is 13.6 Å². The van der Waals surface area contributed by atoms with Gasteiger partial charge in [-0.2, -0.15) is 0 Å². The van der Waals surface area contributed by atoms with E-state index in [1.165, 1.54) is 34.0 Å². The van der Waals surface area contributed by atoms with Gasteiger partial charge in [-0.15, -0.1) is 0 Å². The van der Waals surface area contributed by atoms with Crippen LogP contribution in [0.2, 0.25) is 0 Å². The van der Waals surface area contributed by atoms with Crippen molar-refractivity contribution in [3.63, 3.8) is 0 Å². The van der Waals surface area contributed by atoms with Crippen LogP contribution in [0.4, 0.5) is 0 Å². The van der Waals surface area contributed by atoms with Gasteiger partial charge in [-0.25, -0.2) is 0 Å². The lowest BCUT2D eigenvalue weighted by atomic mass is 9.80. The number of aromatic nitrogens is 1. The zero-order valence-electron chi connectivity index (χ0n) is 16.0. The second kappa shape index (κ2) is 6.92. The van der Waals surface area contributed by atoms with E-state index in [0.717, 1.165) is 25.8 Å². The summed E-state index contributed by atoms with van der Waals surface area (Å²) in [6, 6.07) is 7.06. The number of hydrogen-bond acceptors (Lipinski definition) is 2. The first-order chi connectivity index (χ1) is 12.6. The molecule has 0 fully saturated rings. The van der Waals surface area contributed by atoms with E-state index in [9.17, 15) is 4.79 Å². The molecular weight excluding hydrogens is 322 g/mol. The first-order valence-electron chi connectivity index (χ1n) is 9.90. The Morgan fingerprint density at radius 3 is 3.08 bits per heavy atom. The minimum absolute atomic E-state index is 0.0777. The maximum Gasteiger partial charge on any atom is 0.228 e. The van der Waals surface area contributed by atoms with E-state index in [0.29, 0.717) is 6.04 Å². The average Bonchev–Trinajstić information content (AvgIpc) is 3.05. The number of nitrogens with zero attached hydrogens (tertiary/aromatic N) is 1. The first-order valence-corrected chi connectivity index (χ1v) is 9.90. The van der Waals surface area contributed by atoms with Gasteiger partial charge in [-0.3, -0.25) is 9.69 Å². The Balaban J connectivity index is 1.63. The highest BCUT2D eigenvalue weighted by atomic mass is 16.2. The van der Waals surface area contributed by atoms with Crippen LogP contribution in [0.25, 0.3) is 16.5 Å². The summed E-state index contributed by atoms with van der Waals surface area (Å²) in [6.45, 7) is 5.09. The lowest BCUT2D eigenvalue weighted by molar-refractivity contribution is -0.125. The van der Waals surface area contributed by atoms with E-state index in [1.807, 2.05) is 0 Å². The fourth-order valence-corrected chi connectivity index (χ4v) is 4.55. The van der Waals surface area contributed by atoms with E-state index in [2.05, 4.69) is 66.6 Å². The quantitative estimate of drug-likeness (QED) is 0.862. The predicted octanol–water partition coefficient (Wildman–Crippen LogP) is 3.73. The molecule has 1 amide bonds. The Kier molecular flexibility index (Phi) is 4.62. The van der Waals surface area contributed by atoms with E-state index in [4.69, 9.17) is 0 Å². The number of rotatable bonds is 5. The van der Waals surface area contributed by atoms with Gasteiger partial charge in [0.2, 0.25) is 5.91 Å². The molecule has 1 aliphatic heterocycles. The standard InChI is InChI=1S/C22H29N3O/c1-4-5-7-14(2)24-22(26)16-10-18-17-8-6-9-19-21(17)15(12-23-19)11-20(18)25(3)13-16/h6,8-10,12,14,16,20,23H,4-5,7,11,13H2,1-3H3,(H,24,26)/t14-,16+,20+/m0/s1. The molecule has 138 valence electrons. The van der Waals surface area contributed by atoms with Gasteiger partial charge in [-0.1, -0.05) is 38.0 Å². The second-order valence-electron chi connectivity index (χ2n) is 7.98. The molecule has 1 aromatic carbocycles. The summed E-state index contributed by atoms with van der Waals surface area (Å²) < 4.78 is 0. The van der Waals surface area contributed by atoms with Gasteiger partial charge >= 0.3 is 0 Å². The van der Waals surface area contributed by atoms with Crippen LogP contribution in [0.15, 0.2) is 30.5 Å². The Bertz CT molecular complexity index is 850. The third kappa shape index (κ3) is 2.96. The van der Waals surface area contributed by atoms with Crippen LogP contribution in [-0.2, 0) is 11.2 Å². The molecule has 26 heavy (non-hydrogen) atoms. The van der Waals surface area contributed by atoms with Gasteiger partial charge in [0.05, 0.1) is 5.92 Å². The number of amides is 1. The van der Waals surface area contributed by atoms with E-state index in [1.54, 1.807) is 0 Å². The summed E-state index contributed by atoms with van der Waals surface area (Å²) in [7, 11) is 2.15. The molecule has 4 nitrogen and oxygen atoms in total. The Morgan fingerprint density at radius 1 is 1.42 bits per heavy atom. The first kappa shape index (κ1) is 17.3. The molecule has 2 N–H and O–H groups in total. The third-order valence-corrected chi connectivity index (χ3v) is 5.98. The predicted molar refractivity (Wildman–Crippen MR) is 107 cm³/mol. The van der Waals surface area contributed by atoms with Crippen LogP contribution >= 0.6 is 0 Å². The number of unbranched alkanes of at least 4 members (excludes halogenated alkanes) is 1. The van der Waals surface area contributed by atoms with Gasteiger partial charge in [0.25, 0.3) is 0 Å². The maximum atomic E-state index is 12.8. The molecule has 1 aromatic heterocycles. The number of benzene rings is 1. The summed E-state index contributed by atoms with van der Waals surface area (Å²) in [5.41, 5.74) is 5.19. The van der Waals surface area contributed by atoms with Gasteiger partial charge in [0, 0.05) is 35.7 Å². The largest absolute Gasteiger partial charge is 0.361 e. The molecule has 0 bridgehead atoms. The number of hydrogen-bond donors (Lipinski definition) is 2. The van der Waals surface area contributed by atoms with Crippen LogP contribution in [-0.4, -0.2) is 41.5 Å². The minimum Gasteiger partial charge on any atom is -0.361 e. The summed E-state index contributed by atoms with van der Waals surface area (Å²) in [5, 5.41) is 4.56. The molecule has 2 aliphatic rings. The molecule has 0 saturated carbocycles. The normalized spacial score (nSPS) is 23.4. The van der Waals surface area contributed by atoms with Gasteiger partial charge < -0.3 is 10.3 Å². The van der Waals surface area contributed by atoms with Crippen molar-refractivity contribution in [1.29, 1.82) is 0 Å². The zero-order chi connectivity index (χ0) is 18.3. The highest BCUT2D eigenvalue weighted by molar-refractivity contribution is 5.99. The SMILES string of the molecule is CCCC[C@H](C)NC(=O)[C@@H]1C=C2c3cccc4[nH]cc(c34)C[C@H]2N(C)C1.